The minimum absolute atomic E-state index is 0.0679. The number of carbonyl (C=O) groups excluding carboxylic acids is 3. The van der Waals surface area contributed by atoms with Crippen LogP contribution in [0.4, 0.5) is 5.69 Å². The van der Waals surface area contributed by atoms with Crippen LogP contribution < -0.4 is 15.5 Å². The summed E-state index contributed by atoms with van der Waals surface area (Å²) >= 11 is 1.60. The topological polar surface area (TPSA) is 78.5 Å². The third kappa shape index (κ3) is 4.78. The lowest BCUT2D eigenvalue weighted by atomic mass is 10.0. The highest BCUT2D eigenvalue weighted by Gasteiger charge is 2.22. The summed E-state index contributed by atoms with van der Waals surface area (Å²) in [7, 11) is 0. The third-order valence-corrected chi connectivity index (χ3v) is 5.71. The predicted octanol–water partition coefficient (Wildman–Crippen LogP) is 3.12. The van der Waals surface area contributed by atoms with E-state index in [0.29, 0.717) is 18.5 Å². The summed E-state index contributed by atoms with van der Waals surface area (Å²) < 4.78 is 0. The molecule has 2 heterocycles. The zero-order chi connectivity index (χ0) is 20.1. The van der Waals surface area contributed by atoms with Gasteiger partial charge in [-0.05, 0) is 48.1 Å². The molecule has 1 aliphatic heterocycles. The number of rotatable bonds is 7. The lowest BCUT2D eigenvalue weighted by molar-refractivity contribution is -0.121. The molecule has 0 unspecified atom stereocenters. The van der Waals surface area contributed by atoms with Gasteiger partial charge in [0.2, 0.25) is 11.8 Å². The Bertz CT molecular complexity index is 831. The van der Waals surface area contributed by atoms with E-state index in [9.17, 15) is 14.4 Å². The smallest absolute Gasteiger partial charge is 0.251 e. The summed E-state index contributed by atoms with van der Waals surface area (Å²) in [6.45, 7) is 4.73. The number of hydrogen-bond donors (Lipinski definition) is 2. The van der Waals surface area contributed by atoms with Crippen LogP contribution in [0.5, 0.6) is 0 Å². The van der Waals surface area contributed by atoms with E-state index < -0.39 is 0 Å². The number of carbonyl (C=O) groups is 3. The van der Waals surface area contributed by atoms with Crippen molar-refractivity contribution in [1.82, 2.24) is 10.6 Å². The molecular formula is C21H25N3O3S. The van der Waals surface area contributed by atoms with E-state index in [1.165, 1.54) is 0 Å². The number of benzene rings is 1. The zero-order valence-electron chi connectivity index (χ0n) is 16.1. The van der Waals surface area contributed by atoms with Crippen molar-refractivity contribution in [1.29, 1.82) is 0 Å². The number of nitrogens with one attached hydrogen (secondary N) is 2. The van der Waals surface area contributed by atoms with E-state index in [1.54, 1.807) is 40.5 Å². The number of hydrogen-bond acceptors (Lipinski definition) is 4. The molecule has 148 valence electrons. The molecule has 2 N–H and O–H groups in total. The van der Waals surface area contributed by atoms with Crippen LogP contribution in [-0.4, -0.2) is 30.8 Å². The molecule has 0 saturated carbocycles. The molecule has 6 nitrogen and oxygen atoms in total. The fraction of sp³-hybridized carbons (Fsp3) is 0.381. The van der Waals surface area contributed by atoms with Crippen LogP contribution in [0.1, 0.15) is 48.0 Å². The second kappa shape index (κ2) is 9.01. The lowest BCUT2D eigenvalue weighted by Gasteiger charge is -2.21. The second-order valence-corrected chi connectivity index (χ2v) is 8.16. The van der Waals surface area contributed by atoms with Crippen molar-refractivity contribution in [2.45, 2.75) is 32.7 Å². The van der Waals surface area contributed by atoms with Crippen LogP contribution in [0.25, 0.3) is 0 Å². The van der Waals surface area contributed by atoms with Crippen LogP contribution in [0.3, 0.4) is 0 Å². The van der Waals surface area contributed by atoms with E-state index in [2.05, 4.69) is 24.5 Å². The van der Waals surface area contributed by atoms with Gasteiger partial charge in [-0.1, -0.05) is 19.9 Å². The highest BCUT2D eigenvalue weighted by atomic mass is 32.1. The van der Waals surface area contributed by atoms with Gasteiger partial charge >= 0.3 is 0 Å². The van der Waals surface area contributed by atoms with Gasteiger partial charge in [0.1, 0.15) is 0 Å². The third-order valence-electron chi connectivity index (χ3n) is 4.76. The zero-order valence-corrected chi connectivity index (χ0v) is 16.9. The average Bonchev–Trinajstić information content (AvgIpc) is 3.36. The fourth-order valence-corrected chi connectivity index (χ4v) is 4.18. The minimum Gasteiger partial charge on any atom is -0.347 e. The molecule has 0 radical (unpaired) electrons. The predicted molar refractivity (Wildman–Crippen MR) is 110 cm³/mol. The van der Waals surface area contributed by atoms with Gasteiger partial charge in [0.25, 0.3) is 5.91 Å². The Balaban J connectivity index is 1.53. The Hall–Kier alpha value is -2.67. The van der Waals surface area contributed by atoms with Crippen molar-refractivity contribution in [3.8, 4) is 0 Å². The lowest BCUT2D eigenvalue weighted by Crippen LogP contribution is -2.39. The quantitative estimate of drug-likeness (QED) is 0.751. The van der Waals surface area contributed by atoms with Crippen molar-refractivity contribution in [3.05, 3.63) is 52.2 Å². The Morgan fingerprint density at radius 2 is 1.93 bits per heavy atom. The van der Waals surface area contributed by atoms with Gasteiger partial charge in [-0.25, -0.2) is 0 Å². The summed E-state index contributed by atoms with van der Waals surface area (Å²) in [6, 6.07) is 10.8. The molecule has 0 spiro atoms. The maximum Gasteiger partial charge on any atom is 0.251 e. The van der Waals surface area contributed by atoms with Gasteiger partial charge in [-0.3, -0.25) is 14.4 Å². The number of thiophene rings is 1. The van der Waals surface area contributed by atoms with Crippen LogP contribution in [-0.2, 0) is 9.59 Å². The maximum atomic E-state index is 12.3. The van der Waals surface area contributed by atoms with E-state index in [1.807, 2.05) is 17.5 Å². The summed E-state index contributed by atoms with van der Waals surface area (Å²) in [6.07, 6.45) is 1.43. The normalized spacial score (nSPS) is 15.0. The largest absolute Gasteiger partial charge is 0.347 e. The molecule has 2 aromatic rings. The number of nitrogens with zero attached hydrogens (tertiary/aromatic N) is 1. The van der Waals surface area contributed by atoms with Crippen molar-refractivity contribution >= 4 is 34.7 Å². The molecule has 0 bridgehead atoms. The van der Waals surface area contributed by atoms with E-state index >= 15 is 0 Å². The first-order valence-corrected chi connectivity index (χ1v) is 10.3. The van der Waals surface area contributed by atoms with E-state index in [-0.39, 0.29) is 36.2 Å². The van der Waals surface area contributed by atoms with Crippen LogP contribution in [0.2, 0.25) is 0 Å². The van der Waals surface area contributed by atoms with Crippen LogP contribution in [0.15, 0.2) is 41.8 Å². The second-order valence-electron chi connectivity index (χ2n) is 7.18. The Kier molecular flexibility index (Phi) is 6.46. The first-order valence-electron chi connectivity index (χ1n) is 9.47. The molecule has 1 aliphatic rings. The van der Waals surface area contributed by atoms with Crippen LogP contribution >= 0.6 is 11.3 Å². The Labute approximate surface area is 168 Å². The molecule has 1 fully saturated rings. The monoisotopic (exact) mass is 399 g/mol. The van der Waals surface area contributed by atoms with Crippen LogP contribution in [0, 0.1) is 5.92 Å². The summed E-state index contributed by atoms with van der Waals surface area (Å²) in [5.74, 6) is -0.176. The molecule has 1 saturated heterocycles. The molecule has 28 heavy (non-hydrogen) atoms. The molecule has 7 heteroatoms. The van der Waals surface area contributed by atoms with E-state index in [4.69, 9.17) is 0 Å². The highest BCUT2D eigenvalue weighted by Crippen LogP contribution is 2.25. The highest BCUT2D eigenvalue weighted by molar-refractivity contribution is 7.10. The average molecular weight is 400 g/mol. The molecule has 3 rings (SSSR count). The Morgan fingerprint density at radius 1 is 1.18 bits per heavy atom. The van der Waals surface area contributed by atoms with Gasteiger partial charge in [0.15, 0.2) is 0 Å². The molecule has 1 aromatic heterocycles. The molecule has 3 amide bonds. The summed E-state index contributed by atoms with van der Waals surface area (Å²) in [4.78, 5) is 39.2. The first kappa shape index (κ1) is 20.1. The van der Waals surface area contributed by atoms with Gasteiger partial charge in [-0.2, -0.15) is 0 Å². The van der Waals surface area contributed by atoms with Gasteiger partial charge < -0.3 is 15.5 Å². The van der Waals surface area contributed by atoms with Gasteiger partial charge in [0.05, 0.1) is 12.6 Å². The SMILES string of the molecule is CC(C)[C@@H](NC(=O)CNC(=O)c1ccc(N2CCCC2=O)cc1)c1cccs1. The minimum atomic E-state index is -0.313. The molecule has 1 atom stereocenters. The maximum absolute atomic E-state index is 12.3. The number of anilines is 1. The van der Waals surface area contributed by atoms with Crippen molar-refractivity contribution < 1.29 is 14.4 Å². The molecular weight excluding hydrogens is 374 g/mol. The van der Waals surface area contributed by atoms with Gasteiger partial charge in [0, 0.05) is 29.1 Å². The molecule has 0 aliphatic carbocycles. The van der Waals surface area contributed by atoms with E-state index in [0.717, 1.165) is 17.0 Å². The Morgan fingerprint density at radius 3 is 2.50 bits per heavy atom. The summed E-state index contributed by atoms with van der Waals surface area (Å²) in [5, 5.41) is 7.63. The molecule has 1 aromatic carbocycles. The van der Waals surface area contributed by atoms with Gasteiger partial charge in [-0.15, -0.1) is 11.3 Å². The first-order chi connectivity index (χ1) is 13.5. The number of amides is 3. The summed E-state index contributed by atoms with van der Waals surface area (Å²) in [5.41, 5.74) is 1.26. The van der Waals surface area contributed by atoms with Crippen molar-refractivity contribution in [2.75, 3.05) is 18.0 Å². The van der Waals surface area contributed by atoms with Crippen molar-refractivity contribution in [2.24, 2.45) is 5.92 Å². The standard InChI is InChI=1S/C21H25N3O3S/c1-14(2)20(17-5-4-12-28-17)23-18(25)13-22-21(27)15-7-9-16(10-8-15)24-11-3-6-19(24)26/h4-5,7-10,12,14,20H,3,6,11,13H2,1-2H3,(H,22,27)(H,23,25)/t20-/m1/s1. The van der Waals surface area contributed by atoms with Crippen molar-refractivity contribution in [3.63, 3.8) is 0 Å². The fourth-order valence-electron chi connectivity index (χ4n) is 3.24.